The van der Waals surface area contributed by atoms with Crippen molar-refractivity contribution in [2.45, 2.75) is 37.5 Å². The van der Waals surface area contributed by atoms with E-state index in [9.17, 15) is 0 Å². The molecular weight excluding hydrogens is 687 g/mol. The second-order valence-electron chi connectivity index (χ2n) is 15.9. The number of hydrogen-bond acceptors (Lipinski definition) is 1. The van der Waals surface area contributed by atoms with Gasteiger partial charge in [-0.15, -0.1) is 0 Å². The van der Waals surface area contributed by atoms with Crippen molar-refractivity contribution < 1.29 is 0 Å². The Hall–Kier alpha value is -6.70. The number of rotatable bonds is 7. The van der Waals surface area contributed by atoms with E-state index in [2.05, 4.69) is 219 Å². The summed E-state index contributed by atoms with van der Waals surface area (Å²) in [5, 5.41) is 5.08. The molecule has 0 fully saturated rings. The lowest BCUT2D eigenvalue weighted by molar-refractivity contribution is 0.491. The summed E-state index contributed by atoms with van der Waals surface area (Å²) >= 11 is 0. The normalized spacial score (nSPS) is 14.2. The molecule has 0 spiro atoms. The molecule has 1 nitrogen and oxygen atoms in total. The molecule has 0 saturated heterocycles. The first-order valence-corrected chi connectivity index (χ1v) is 20.5. The van der Waals surface area contributed by atoms with Crippen molar-refractivity contribution in [1.29, 1.82) is 0 Å². The van der Waals surface area contributed by atoms with Crippen LogP contribution in [0.3, 0.4) is 0 Å². The first-order chi connectivity index (χ1) is 28.1. The molecule has 0 unspecified atom stereocenters. The Morgan fingerprint density at radius 1 is 0.333 bits per heavy atom. The molecular formula is C56H43N. The van der Waals surface area contributed by atoms with Crippen LogP contribution in [0.2, 0.25) is 0 Å². The number of hydrogen-bond donors (Lipinski definition) is 0. The average molecular weight is 730 g/mol. The van der Waals surface area contributed by atoms with Gasteiger partial charge in [0.1, 0.15) is 0 Å². The molecule has 0 heterocycles. The maximum absolute atomic E-state index is 2.49. The van der Waals surface area contributed by atoms with Crippen LogP contribution in [0.25, 0.3) is 43.8 Å². The van der Waals surface area contributed by atoms with E-state index in [0.29, 0.717) is 0 Å². The Kier molecular flexibility index (Phi) is 7.63. The quantitative estimate of drug-likeness (QED) is 0.158. The van der Waals surface area contributed by atoms with Crippen LogP contribution in [0.15, 0.2) is 200 Å². The fraction of sp³-hybridized carbons (Fsp3) is 0.107. The van der Waals surface area contributed by atoms with Crippen molar-refractivity contribution in [3.63, 3.8) is 0 Å². The highest BCUT2D eigenvalue weighted by atomic mass is 15.1. The van der Waals surface area contributed by atoms with Crippen LogP contribution >= 0.6 is 0 Å². The maximum Gasteiger partial charge on any atom is 0.0713 e. The largest absolute Gasteiger partial charge is 0.310 e. The van der Waals surface area contributed by atoms with Crippen LogP contribution in [0, 0.1) is 0 Å². The van der Waals surface area contributed by atoms with Crippen LogP contribution in [0.5, 0.6) is 0 Å². The lowest BCUT2D eigenvalue weighted by atomic mass is 9.68. The second kappa shape index (κ2) is 12.9. The summed E-state index contributed by atoms with van der Waals surface area (Å²) in [7, 11) is 0. The van der Waals surface area contributed by atoms with Gasteiger partial charge in [0.05, 0.1) is 5.41 Å². The number of anilines is 3. The van der Waals surface area contributed by atoms with Crippen molar-refractivity contribution in [2.24, 2.45) is 0 Å². The zero-order valence-corrected chi connectivity index (χ0v) is 32.4. The molecule has 1 heteroatoms. The molecule has 0 aliphatic heterocycles. The van der Waals surface area contributed by atoms with Gasteiger partial charge in [0.25, 0.3) is 0 Å². The minimum absolute atomic E-state index is 0.0174. The highest BCUT2D eigenvalue weighted by Gasteiger charge is 2.46. The van der Waals surface area contributed by atoms with Gasteiger partial charge in [-0.05, 0) is 139 Å². The van der Waals surface area contributed by atoms with Gasteiger partial charge < -0.3 is 4.90 Å². The summed E-state index contributed by atoms with van der Waals surface area (Å²) in [6, 6.07) is 75.1. The lowest BCUT2D eigenvalue weighted by Crippen LogP contribution is -2.28. The SMILES string of the molecule is CCC1(CC)c2ccc(N(c3ccc4c(c3)-c3ccccc3C4(c3ccccc3)c3ccccc3)c3ccc4ccccc4c3)cc2-c2cc3ccccc3cc21. The molecule has 0 amide bonds. The van der Waals surface area contributed by atoms with Gasteiger partial charge in [0, 0.05) is 22.5 Å². The predicted molar refractivity (Wildman–Crippen MR) is 240 cm³/mol. The molecule has 0 aromatic heterocycles. The standard InChI is InChI=1S/C56H43N/c1-3-55(4-2)51-31-29-45(37-50(51)48-34-40-19-13-14-20-41(40)35-54(48)55)57(44-28-27-38-17-11-12-18-39(38)33-44)46-30-32-53-49(36-46)47-25-15-16-26-52(47)56(53,42-21-7-5-8-22-42)43-23-9-6-10-24-43/h5-37H,3-4H2,1-2H3. The smallest absolute Gasteiger partial charge is 0.0713 e. The Bertz CT molecular complexity index is 2950. The Morgan fingerprint density at radius 3 is 1.44 bits per heavy atom. The van der Waals surface area contributed by atoms with Gasteiger partial charge in [-0.1, -0.05) is 166 Å². The summed E-state index contributed by atoms with van der Waals surface area (Å²) in [6.45, 7) is 4.72. The van der Waals surface area contributed by atoms with Crippen LogP contribution < -0.4 is 4.90 Å². The van der Waals surface area contributed by atoms with E-state index in [0.717, 1.165) is 29.9 Å². The van der Waals surface area contributed by atoms with Gasteiger partial charge in [0.15, 0.2) is 0 Å². The zero-order valence-electron chi connectivity index (χ0n) is 32.4. The van der Waals surface area contributed by atoms with Crippen molar-refractivity contribution in [2.75, 3.05) is 4.90 Å². The number of benzene rings is 9. The fourth-order valence-electron chi connectivity index (χ4n) is 10.7. The molecule has 57 heavy (non-hydrogen) atoms. The summed E-state index contributed by atoms with van der Waals surface area (Å²) in [6.07, 6.45) is 2.12. The molecule has 2 aliphatic carbocycles. The number of nitrogens with zero attached hydrogens (tertiary/aromatic N) is 1. The van der Waals surface area contributed by atoms with Gasteiger partial charge in [-0.25, -0.2) is 0 Å². The average Bonchev–Trinajstić information content (AvgIpc) is 3.73. The molecule has 0 radical (unpaired) electrons. The number of fused-ring (bicyclic) bond motifs is 8. The molecule has 9 aromatic carbocycles. The third kappa shape index (κ3) is 4.82. The van der Waals surface area contributed by atoms with E-state index in [1.807, 2.05) is 0 Å². The zero-order chi connectivity index (χ0) is 38.1. The van der Waals surface area contributed by atoms with E-state index < -0.39 is 5.41 Å². The molecule has 0 bridgehead atoms. The predicted octanol–water partition coefficient (Wildman–Crippen LogP) is 14.9. The first kappa shape index (κ1) is 33.6. The van der Waals surface area contributed by atoms with Gasteiger partial charge in [0.2, 0.25) is 0 Å². The van der Waals surface area contributed by atoms with E-state index in [4.69, 9.17) is 0 Å². The lowest BCUT2D eigenvalue weighted by Gasteiger charge is -2.34. The second-order valence-corrected chi connectivity index (χ2v) is 15.9. The molecule has 0 atom stereocenters. The summed E-state index contributed by atoms with van der Waals surface area (Å²) in [5.41, 5.74) is 16.4. The van der Waals surface area contributed by atoms with Gasteiger partial charge in [-0.2, -0.15) is 0 Å². The van der Waals surface area contributed by atoms with Crippen molar-refractivity contribution in [3.05, 3.63) is 234 Å². The summed E-state index contributed by atoms with van der Waals surface area (Å²) in [5.74, 6) is 0. The molecule has 11 rings (SSSR count). The Balaban J connectivity index is 1.16. The summed E-state index contributed by atoms with van der Waals surface area (Å²) < 4.78 is 0. The molecule has 272 valence electrons. The van der Waals surface area contributed by atoms with Gasteiger partial charge in [-0.3, -0.25) is 0 Å². The minimum atomic E-state index is -0.440. The third-order valence-electron chi connectivity index (χ3n) is 13.4. The molecule has 0 N–H and O–H groups in total. The minimum Gasteiger partial charge on any atom is -0.310 e. The highest BCUT2D eigenvalue weighted by molar-refractivity contribution is 5.97. The van der Waals surface area contributed by atoms with Crippen molar-refractivity contribution in [1.82, 2.24) is 0 Å². The third-order valence-corrected chi connectivity index (χ3v) is 13.4. The van der Waals surface area contributed by atoms with Crippen molar-refractivity contribution in [3.8, 4) is 22.3 Å². The Morgan fingerprint density at radius 2 is 0.789 bits per heavy atom. The van der Waals surface area contributed by atoms with E-state index in [-0.39, 0.29) is 5.41 Å². The highest BCUT2D eigenvalue weighted by Crippen LogP contribution is 2.58. The van der Waals surface area contributed by atoms with E-state index >= 15 is 0 Å². The maximum atomic E-state index is 2.49. The first-order valence-electron chi connectivity index (χ1n) is 20.5. The van der Waals surface area contributed by atoms with Crippen LogP contribution in [0.4, 0.5) is 17.1 Å². The van der Waals surface area contributed by atoms with Crippen molar-refractivity contribution >= 4 is 38.6 Å². The van der Waals surface area contributed by atoms with Crippen LogP contribution in [-0.4, -0.2) is 0 Å². The monoisotopic (exact) mass is 729 g/mol. The van der Waals surface area contributed by atoms with Crippen LogP contribution in [-0.2, 0) is 10.8 Å². The molecule has 2 aliphatic rings. The Labute approximate surface area is 335 Å². The molecule has 9 aromatic rings. The molecule has 0 saturated carbocycles. The fourth-order valence-corrected chi connectivity index (χ4v) is 10.7. The van der Waals surface area contributed by atoms with Gasteiger partial charge >= 0.3 is 0 Å². The summed E-state index contributed by atoms with van der Waals surface area (Å²) in [4.78, 5) is 2.49. The topological polar surface area (TPSA) is 3.24 Å². The van der Waals surface area contributed by atoms with E-state index in [1.165, 1.54) is 77.2 Å². The van der Waals surface area contributed by atoms with Crippen LogP contribution in [0.1, 0.15) is 60.1 Å². The van der Waals surface area contributed by atoms with E-state index in [1.54, 1.807) is 0 Å².